The first-order valence-electron chi connectivity index (χ1n) is 6.49. The SMILES string of the molecule is Cc1ccc2nc(NC3CCCN(C)C3)nn2c1. The summed E-state index contributed by atoms with van der Waals surface area (Å²) in [5.41, 5.74) is 2.09. The Labute approximate surface area is 107 Å². The molecule has 3 rings (SSSR count). The van der Waals surface area contributed by atoms with E-state index in [1.54, 1.807) is 0 Å². The third-order valence-electron chi connectivity index (χ3n) is 3.44. The Morgan fingerprint density at radius 2 is 2.28 bits per heavy atom. The second-order valence-corrected chi connectivity index (χ2v) is 5.19. The maximum absolute atomic E-state index is 4.50. The summed E-state index contributed by atoms with van der Waals surface area (Å²) in [6, 6.07) is 4.52. The molecule has 0 aromatic carbocycles. The summed E-state index contributed by atoms with van der Waals surface area (Å²) in [7, 11) is 2.16. The highest BCUT2D eigenvalue weighted by Crippen LogP contribution is 2.13. The number of piperidine rings is 1. The Morgan fingerprint density at radius 1 is 1.39 bits per heavy atom. The number of aromatic nitrogens is 3. The van der Waals surface area contributed by atoms with Crippen LogP contribution < -0.4 is 5.32 Å². The van der Waals surface area contributed by atoms with E-state index >= 15 is 0 Å². The van der Waals surface area contributed by atoms with E-state index in [0.717, 1.165) is 18.1 Å². The molecule has 1 saturated heterocycles. The van der Waals surface area contributed by atoms with E-state index < -0.39 is 0 Å². The molecule has 1 fully saturated rings. The molecular formula is C13H19N5. The summed E-state index contributed by atoms with van der Waals surface area (Å²) in [6.07, 6.45) is 4.43. The van der Waals surface area contributed by atoms with E-state index in [-0.39, 0.29) is 0 Å². The van der Waals surface area contributed by atoms with Crippen LogP contribution in [0.1, 0.15) is 18.4 Å². The van der Waals surface area contributed by atoms with Gasteiger partial charge in [0, 0.05) is 18.8 Å². The number of fused-ring (bicyclic) bond motifs is 1. The summed E-state index contributed by atoms with van der Waals surface area (Å²) >= 11 is 0. The fourth-order valence-electron chi connectivity index (χ4n) is 2.51. The number of likely N-dealkylation sites (N-methyl/N-ethyl adjacent to an activating group) is 1. The second kappa shape index (κ2) is 4.57. The molecule has 5 nitrogen and oxygen atoms in total. The topological polar surface area (TPSA) is 45.5 Å². The molecular weight excluding hydrogens is 226 g/mol. The highest BCUT2D eigenvalue weighted by molar-refractivity contribution is 5.44. The van der Waals surface area contributed by atoms with E-state index in [1.165, 1.54) is 24.9 Å². The predicted molar refractivity (Wildman–Crippen MR) is 71.9 cm³/mol. The van der Waals surface area contributed by atoms with Crippen molar-refractivity contribution >= 4 is 11.6 Å². The van der Waals surface area contributed by atoms with Gasteiger partial charge in [0.15, 0.2) is 5.65 Å². The van der Waals surface area contributed by atoms with Crippen molar-refractivity contribution in [3.8, 4) is 0 Å². The van der Waals surface area contributed by atoms with Gasteiger partial charge >= 0.3 is 0 Å². The van der Waals surface area contributed by atoms with Crippen molar-refractivity contribution in [2.24, 2.45) is 0 Å². The highest BCUT2D eigenvalue weighted by Gasteiger charge is 2.18. The molecule has 0 amide bonds. The fourth-order valence-corrected chi connectivity index (χ4v) is 2.51. The molecule has 1 unspecified atom stereocenters. The van der Waals surface area contributed by atoms with E-state index in [0.29, 0.717) is 6.04 Å². The van der Waals surface area contributed by atoms with Gasteiger partial charge in [0.25, 0.3) is 0 Å². The van der Waals surface area contributed by atoms with Gasteiger partial charge in [-0.05, 0) is 45.0 Å². The van der Waals surface area contributed by atoms with Gasteiger partial charge in [-0.2, -0.15) is 4.98 Å². The van der Waals surface area contributed by atoms with E-state index in [4.69, 9.17) is 0 Å². The first kappa shape index (κ1) is 11.5. The average molecular weight is 245 g/mol. The molecule has 0 spiro atoms. The molecule has 1 aliphatic rings. The number of nitrogens with one attached hydrogen (secondary N) is 1. The Hall–Kier alpha value is -1.62. The van der Waals surface area contributed by atoms with Gasteiger partial charge in [0.05, 0.1) is 0 Å². The lowest BCUT2D eigenvalue weighted by atomic mass is 10.1. The van der Waals surface area contributed by atoms with E-state index in [9.17, 15) is 0 Å². The van der Waals surface area contributed by atoms with Crippen molar-refractivity contribution in [2.75, 3.05) is 25.5 Å². The zero-order chi connectivity index (χ0) is 12.5. The highest BCUT2D eigenvalue weighted by atomic mass is 15.4. The number of aryl methyl sites for hydroxylation is 1. The normalized spacial score (nSPS) is 21.3. The maximum Gasteiger partial charge on any atom is 0.243 e. The van der Waals surface area contributed by atoms with Crippen molar-refractivity contribution in [3.63, 3.8) is 0 Å². The lowest BCUT2D eigenvalue weighted by molar-refractivity contribution is 0.260. The molecule has 3 heterocycles. The number of anilines is 1. The van der Waals surface area contributed by atoms with Crippen LogP contribution >= 0.6 is 0 Å². The number of likely N-dealkylation sites (tertiary alicyclic amines) is 1. The molecule has 2 aromatic rings. The van der Waals surface area contributed by atoms with Gasteiger partial charge in [-0.15, -0.1) is 5.10 Å². The third kappa shape index (κ3) is 2.31. The Balaban J connectivity index is 1.78. The summed E-state index contributed by atoms with van der Waals surface area (Å²) in [4.78, 5) is 6.84. The average Bonchev–Trinajstić information content (AvgIpc) is 2.70. The standard InChI is InChI=1S/C13H19N5/c1-10-5-6-12-15-13(16-18(12)8-10)14-11-4-3-7-17(2)9-11/h5-6,8,11H,3-4,7,9H2,1-2H3,(H,14,16). The lowest BCUT2D eigenvalue weighted by Gasteiger charge is -2.29. The number of nitrogens with zero attached hydrogens (tertiary/aromatic N) is 4. The summed E-state index contributed by atoms with van der Waals surface area (Å²) in [5, 5.41) is 7.90. The predicted octanol–water partition coefficient (Wildman–Crippen LogP) is 1.54. The van der Waals surface area contributed by atoms with Crippen molar-refractivity contribution in [2.45, 2.75) is 25.8 Å². The zero-order valence-electron chi connectivity index (χ0n) is 10.9. The Morgan fingerprint density at radius 3 is 3.11 bits per heavy atom. The maximum atomic E-state index is 4.50. The van der Waals surface area contributed by atoms with Crippen molar-refractivity contribution < 1.29 is 0 Å². The molecule has 0 radical (unpaired) electrons. The van der Waals surface area contributed by atoms with Gasteiger partial charge < -0.3 is 10.2 Å². The lowest BCUT2D eigenvalue weighted by Crippen LogP contribution is -2.39. The second-order valence-electron chi connectivity index (χ2n) is 5.19. The number of hydrogen-bond donors (Lipinski definition) is 1. The number of hydrogen-bond acceptors (Lipinski definition) is 4. The number of rotatable bonds is 2. The first-order valence-corrected chi connectivity index (χ1v) is 6.49. The minimum atomic E-state index is 0.460. The molecule has 0 saturated carbocycles. The molecule has 1 N–H and O–H groups in total. The van der Waals surface area contributed by atoms with Gasteiger partial charge in [0.1, 0.15) is 0 Å². The van der Waals surface area contributed by atoms with Crippen LogP contribution in [0.2, 0.25) is 0 Å². The van der Waals surface area contributed by atoms with Gasteiger partial charge in [-0.25, -0.2) is 4.52 Å². The monoisotopic (exact) mass is 245 g/mol. The smallest absolute Gasteiger partial charge is 0.243 e. The quantitative estimate of drug-likeness (QED) is 0.872. The van der Waals surface area contributed by atoms with Gasteiger partial charge in [0.2, 0.25) is 5.95 Å². The molecule has 0 bridgehead atoms. The molecule has 96 valence electrons. The van der Waals surface area contributed by atoms with Gasteiger partial charge in [-0.3, -0.25) is 0 Å². The van der Waals surface area contributed by atoms with Crippen LogP contribution in [0, 0.1) is 6.92 Å². The van der Waals surface area contributed by atoms with Crippen LogP contribution in [0.5, 0.6) is 0 Å². The van der Waals surface area contributed by atoms with Crippen LogP contribution in [-0.4, -0.2) is 45.7 Å². The Bertz CT molecular complexity index is 547. The molecule has 18 heavy (non-hydrogen) atoms. The van der Waals surface area contributed by atoms with Crippen LogP contribution in [-0.2, 0) is 0 Å². The summed E-state index contributed by atoms with van der Waals surface area (Å²) in [5.74, 6) is 0.737. The van der Waals surface area contributed by atoms with Crippen LogP contribution in [0.25, 0.3) is 5.65 Å². The molecule has 2 aromatic heterocycles. The Kier molecular flexibility index (Phi) is 2.91. The van der Waals surface area contributed by atoms with Crippen molar-refractivity contribution in [1.29, 1.82) is 0 Å². The van der Waals surface area contributed by atoms with Crippen molar-refractivity contribution in [1.82, 2.24) is 19.5 Å². The third-order valence-corrected chi connectivity index (χ3v) is 3.44. The molecule has 1 aliphatic heterocycles. The van der Waals surface area contributed by atoms with E-state index in [1.807, 2.05) is 16.8 Å². The molecule has 5 heteroatoms. The summed E-state index contributed by atoms with van der Waals surface area (Å²) < 4.78 is 1.84. The van der Waals surface area contributed by atoms with Gasteiger partial charge in [-0.1, -0.05) is 6.07 Å². The van der Waals surface area contributed by atoms with Crippen LogP contribution in [0.4, 0.5) is 5.95 Å². The number of pyridine rings is 1. The fraction of sp³-hybridized carbons (Fsp3) is 0.538. The van der Waals surface area contributed by atoms with Crippen LogP contribution in [0.15, 0.2) is 18.3 Å². The first-order chi connectivity index (χ1) is 8.70. The minimum absolute atomic E-state index is 0.460. The van der Waals surface area contributed by atoms with Crippen LogP contribution in [0.3, 0.4) is 0 Å². The van der Waals surface area contributed by atoms with E-state index in [2.05, 4.69) is 40.3 Å². The molecule has 0 aliphatic carbocycles. The molecule has 1 atom stereocenters. The largest absolute Gasteiger partial charge is 0.349 e. The summed E-state index contributed by atoms with van der Waals surface area (Å²) in [6.45, 7) is 4.31. The van der Waals surface area contributed by atoms with Crippen molar-refractivity contribution in [3.05, 3.63) is 23.9 Å². The minimum Gasteiger partial charge on any atom is -0.349 e. The zero-order valence-corrected chi connectivity index (χ0v) is 10.9.